The maximum atomic E-state index is 11.0. The number of hydrogen-bond donors (Lipinski definition) is 2. The van der Waals surface area contributed by atoms with Crippen LogP contribution >= 0.6 is 0 Å². The number of aliphatic carboxylic acids is 1. The Morgan fingerprint density at radius 2 is 1.77 bits per heavy atom. The fourth-order valence-corrected chi connectivity index (χ4v) is 2.02. The third kappa shape index (κ3) is 12.2. The van der Waals surface area contributed by atoms with Crippen molar-refractivity contribution in [3.05, 3.63) is 48.2 Å². The van der Waals surface area contributed by atoms with Crippen LogP contribution in [0.3, 0.4) is 0 Å². The summed E-state index contributed by atoms with van der Waals surface area (Å²) < 4.78 is 21.1. The van der Waals surface area contributed by atoms with E-state index in [4.69, 9.17) is 29.8 Å². The predicted molar refractivity (Wildman–Crippen MR) is 115 cm³/mol. The lowest BCUT2D eigenvalue weighted by Crippen LogP contribution is -2.20. The van der Waals surface area contributed by atoms with E-state index in [1.165, 1.54) is 6.20 Å². The molecule has 0 unspecified atom stereocenters. The molecule has 2 aromatic rings. The molecular weight excluding hydrogens is 404 g/mol. The first-order valence-corrected chi connectivity index (χ1v) is 9.62. The lowest BCUT2D eigenvalue weighted by atomic mass is 10.2. The van der Waals surface area contributed by atoms with Crippen LogP contribution in [0.4, 0.5) is 0 Å². The third-order valence-electron chi connectivity index (χ3n) is 3.46. The molecule has 0 fully saturated rings. The van der Waals surface area contributed by atoms with Crippen molar-refractivity contribution in [1.82, 2.24) is 4.98 Å². The zero-order valence-electron chi connectivity index (χ0n) is 18.3. The number of amides is 1. The van der Waals surface area contributed by atoms with Crippen molar-refractivity contribution >= 4 is 11.9 Å². The van der Waals surface area contributed by atoms with Gasteiger partial charge in [-0.05, 0) is 39.0 Å². The number of carbonyl (C=O) groups is 2. The van der Waals surface area contributed by atoms with Gasteiger partial charge in [0.15, 0.2) is 0 Å². The molecule has 0 radical (unpaired) electrons. The Morgan fingerprint density at radius 3 is 2.32 bits per heavy atom. The highest BCUT2D eigenvalue weighted by Gasteiger charge is 2.10. The van der Waals surface area contributed by atoms with Crippen LogP contribution in [0.2, 0.25) is 0 Å². The second-order valence-corrected chi connectivity index (χ2v) is 7.27. The van der Waals surface area contributed by atoms with Crippen LogP contribution in [0.5, 0.6) is 17.4 Å². The highest BCUT2D eigenvalue weighted by molar-refractivity contribution is 5.92. The largest absolute Gasteiger partial charge is 0.491 e. The van der Waals surface area contributed by atoms with Gasteiger partial charge in [-0.1, -0.05) is 6.07 Å². The molecule has 9 nitrogen and oxygen atoms in total. The zero-order chi connectivity index (χ0) is 23.3. The van der Waals surface area contributed by atoms with Gasteiger partial charge in [0.2, 0.25) is 11.8 Å². The minimum absolute atomic E-state index is 0.0806. The van der Waals surface area contributed by atoms with Gasteiger partial charge in [0.25, 0.3) is 0 Å². The molecule has 1 heterocycles. The number of carbonyl (C=O) groups excluding carboxylic acids is 1. The van der Waals surface area contributed by atoms with E-state index in [9.17, 15) is 9.59 Å². The van der Waals surface area contributed by atoms with Gasteiger partial charge in [-0.25, -0.2) is 4.98 Å². The van der Waals surface area contributed by atoms with E-state index in [-0.39, 0.29) is 12.0 Å². The summed E-state index contributed by atoms with van der Waals surface area (Å²) in [5.41, 5.74) is 5.25. The van der Waals surface area contributed by atoms with E-state index in [2.05, 4.69) is 4.98 Å². The number of methoxy groups -OCH3 is 1. The first kappa shape index (κ1) is 25.9. The average Bonchev–Trinajstić information content (AvgIpc) is 2.68. The highest BCUT2D eigenvalue weighted by atomic mass is 16.5. The molecule has 3 N–H and O–H groups in total. The Kier molecular flexibility index (Phi) is 11.0. The van der Waals surface area contributed by atoms with Crippen LogP contribution in [-0.2, 0) is 14.3 Å². The van der Waals surface area contributed by atoms with Crippen LogP contribution in [0.15, 0.2) is 42.6 Å². The van der Waals surface area contributed by atoms with Gasteiger partial charge in [-0.2, -0.15) is 0 Å². The molecule has 0 spiro atoms. The number of nitrogens with two attached hydrogens (primary N) is 1. The van der Waals surface area contributed by atoms with E-state index in [1.54, 1.807) is 31.4 Å². The molecule has 0 atom stereocenters. The molecule has 0 bridgehead atoms. The van der Waals surface area contributed by atoms with E-state index >= 15 is 0 Å². The Bertz CT molecular complexity index is 817. The van der Waals surface area contributed by atoms with Crippen molar-refractivity contribution in [2.24, 2.45) is 5.73 Å². The van der Waals surface area contributed by atoms with Gasteiger partial charge in [0, 0.05) is 25.4 Å². The number of primary amides is 1. The summed E-state index contributed by atoms with van der Waals surface area (Å²) in [6.45, 7) is 6.96. The van der Waals surface area contributed by atoms with Gasteiger partial charge in [-0.15, -0.1) is 0 Å². The molecule has 0 saturated heterocycles. The highest BCUT2D eigenvalue weighted by Crippen LogP contribution is 2.24. The normalized spacial score (nSPS) is 10.6. The smallest absolute Gasteiger partial charge is 0.305 e. The summed E-state index contributed by atoms with van der Waals surface area (Å²) in [6, 6.07) is 10.3. The van der Waals surface area contributed by atoms with Crippen LogP contribution in [0.25, 0.3) is 0 Å². The van der Waals surface area contributed by atoms with Crippen LogP contribution in [-0.4, -0.2) is 54.5 Å². The Labute approximate surface area is 182 Å². The fourth-order valence-electron chi connectivity index (χ4n) is 2.02. The Balaban J connectivity index is 0.000000407. The number of benzene rings is 1. The Morgan fingerprint density at radius 1 is 1.06 bits per heavy atom. The molecule has 31 heavy (non-hydrogen) atoms. The number of rotatable bonds is 10. The van der Waals surface area contributed by atoms with Crippen molar-refractivity contribution in [3.8, 4) is 17.4 Å². The molecule has 1 aromatic carbocycles. The number of pyridine rings is 1. The number of carboxylic acids is 1. The molecule has 1 amide bonds. The minimum Gasteiger partial charge on any atom is -0.491 e. The van der Waals surface area contributed by atoms with Crippen molar-refractivity contribution in [2.45, 2.75) is 32.8 Å². The number of nitrogens with zero attached hydrogens (tertiary/aromatic N) is 1. The van der Waals surface area contributed by atoms with E-state index < -0.39 is 11.9 Å². The van der Waals surface area contributed by atoms with Crippen molar-refractivity contribution in [2.75, 3.05) is 26.9 Å². The molecular formula is C22H30N2O7. The molecule has 0 aliphatic rings. The van der Waals surface area contributed by atoms with E-state index in [0.29, 0.717) is 42.8 Å². The molecule has 0 saturated carbocycles. The van der Waals surface area contributed by atoms with Crippen LogP contribution in [0.1, 0.15) is 37.6 Å². The van der Waals surface area contributed by atoms with E-state index in [0.717, 1.165) is 0 Å². The quantitative estimate of drug-likeness (QED) is 0.545. The van der Waals surface area contributed by atoms with Crippen LogP contribution in [0, 0.1) is 0 Å². The van der Waals surface area contributed by atoms with E-state index in [1.807, 2.05) is 32.9 Å². The predicted octanol–water partition coefficient (Wildman–Crippen LogP) is 3.27. The minimum atomic E-state index is -0.816. The van der Waals surface area contributed by atoms with Gasteiger partial charge >= 0.3 is 5.97 Å². The first-order valence-electron chi connectivity index (χ1n) is 9.62. The SMILES string of the molecule is CC(C)(C)OCCC(=O)O.COCCOc1cccc(Oc2ccc(C(N)=O)cn2)c1. The van der Waals surface area contributed by atoms with Crippen LogP contribution < -0.4 is 15.2 Å². The summed E-state index contributed by atoms with van der Waals surface area (Å²) in [6.07, 6.45) is 1.45. The lowest BCUT2D eigenvalue weighted by molar-refractivity contribution is -0.139. The number of carboxylic acid groups (broad SMARTS) is 1. The fraction of sp³-hybridized carbons (Fsp3) is 0.409. The molecule has 2 rings (SSSR count). The monoisotopic (exact) mass is 434 g/mol. The molecule has 1 aromatic heterocycles. The topological polar surface area (TPSA) is 130 Å². The van der Waals surface area contributed by atoms with Gasteiger partial charge in [0.1, 0.15) is 18.1 Å². The second kappa shape index (κ2) is 13.2. The summed E-state index contributed by atoms with van der Waals surface area (Å²) in [7, 11) is 1.62. The van der Waals surface area contributed by atoms with Gasteiger partial charge in [-0.3, -0.25) is 9.59 Å². The zero-order valence-corrected chi connectivity index (χ0v) is 18.3. The second-order valence-electron chi connectivity index (χ2n) is 7.27. The third-order valence-corrected chi connectivity index (χ3v) is 3.46. The maximum absolute atomic E-state index is 11.0. The lowest BCUT2D eigenvalue weighted by Gasteiger charge is -2.18. The van der Waals surface area contributed by atoms with Gasteiger partial charge in [0.05, 0.1) is 30.8 Å². The summed E-state index contributed by atoms with van der Waals surface area (Å²) in [4.78, 5) is 25.0. The number of ether oxygens (including phenoxy) is 4. The number of hydrogen-bond acceptors (Lipinski definition) is 7. The summed E-state index contributed by atoms with van der Waals surface area (Å²) in [5.74, 6) is 0.295. The average molecular weight is 434 g/mol. The molecule has 0 aliphatic heterocycles. The van der Waals surface area contributed by atoms with Gasteiger partial charge < -0.3 is 29.8 Å². The van der Waals surface area contributed by atoms with Crippen molar-refractivity contribution in [1.29, 1.82) is 0 Å². The summed E-state index contributed by atoms with van der Waals surface area (Å²) in [5, 5.41) is 8.23. The molecule has 170 valence electrons. The standard InChI is InChI=1S/C15H16N2O4.C7H14O3/c1-19-7-8-20-12-3-2-4-13(9-12)21-14-6-5-11(10-17-14)15(16)18;1-7(2,3)10-5-4-6(8)9/h2-6,9-10H,7-8H2,1H3,(H2,16,18);4-5H2,1-3H3,(H,8,9). The maximum Gasteiger partial charge on any atom is 0.305 e. The Hall–Kier alpha value is -3.17. The number of aromatic nitrogens is 1. The van der Waals surface area contributed by atoms with Crippen molar-refractivity contribution in [3.63, 3.8) is 0 Å². The summed E-state index contributed by atoms with van der Waals surface area (Å²) >= 11 is 0. The van der Waals surface area contributed by atoms with Crippen molar-refractivity contribution < 1.29 is 33.6 Å². The molecule has 9 heteroatoms. The molecule has 0 aliphatic carbocycles. The first-order chi connectivity index (χ1) is 14.6.